The molecule has 0 spiro atoms. The fourth-order valence-electron chi connectivity index (χ4n) is 3.70. The second-order valence-corrected chi connectivity index (χ2v) is 7.47. The minimum atomic E-state index is -0.428. The summed E-state index contributed by atoms with van der Waals surface area (Å²) in [7, 11) is 0. The van der Waals surface area contributed by atoms with E-state index < -0.39 is 5.82 Å². The SMILES string of the molecule is Oc1ccc(F)cc1-c1cc(-c2ccc(-c3ccccc3)cc2)cc(-c2ccncc2)n1. The van der Waals surface area contributed by atoms with Crippen molar-refractivity contribution in [1.29, 1.82) is 0 Å². The zero-order valence-electron chi connectivity index (χ0n) is 17.1. The molecule has 4 heteroatoms. The van der Waals surface area contributed by atoms with E-state index in [0.717, 1.165) is 33.5 Å². The molecule has 5 aromatic rings. The fourth-order valence-corrected chi connectivity index (χ4v) is 3.70. The van der Waals surface area contributed by atoms with E-state index in [1.807, 2.05) is 42.5 Å². The number of nitrogens with zero attached hydrogens (tertiary/aromatic N) is 2. The molecule has 0 aliphatic heterocycles. The summed E-state index contributed by atoms with van der Waals surface area (Å²) in [4.78, 5) is 8.79. The van der Waals surface area contributed by atoms with E-state index in [1.54, 1.807) is 12.4 Å². The van der Waals surface area contributed by atoms with Crippen LogP contribution in [0.3, 0.4) is 0 Å². The molecule has 0 unspecified atom stereocenters. The van der Waals surface area contributed by atoms with E-state index >= 15 is 0 Å². The number of phenolic OH excluding ortho intramolecular Hbond substituents is 1. The van der Waals surface area contributed by atoms with Crippen LogP contribution in [0.15, 0.2) is 109 Å². The molecule has 5 rings (SSSR count). The maximum absolute atomic E-state index is 13.9. The summed E-state index contributed by atoms with van der Waals surface area (Å²) in [6.07, 6.45) is 3.41. The molecule has 0 atom stereocenters. The predicted octanol–water partition coefficient (Wildman–Crippen LogP) is 6.99. The summed E-state index contributed by atoms with van der Waals surface area (Å²) in [5.74, 6) is -0.446. The highest BCUT2D eigenvalue weighted by atomic mass is 19.1. The normalized spacial score (nSPS) is 10.8. The summed E-state index contributed by atoms with van der Waals surface area (Å²) in [6.45, 7) is 0. The van der Waals surface area contributed by atoms with Crippen LogP contribution in [0.4, 0.5) is 4.39 Å². The largest absolute Gasteiger partial charge is 0.507 e. The average molecular weight is 418 g/mol. The number of aromatic nitrogens is 2. The minimum Gasteiger partial charge on any atom is -0.507 e. The first kappa shape index (κ1) is 19.6. The first-order valence-corrected chi connectivity index (χ1v) is 10.2. The van der Waals surface area contributed by atoms with Gasteiger partial charge < -0.3 is 5.11 Å². The van der Waals surface area contributed by atoms with Gasteiger partial charge in [0.1, 0.15) is 11.6 Å². The molecule has 0 saturated carbocycles. The van der Waals surface area contributed by atoms with E-state index in [-0.39, 0.29) is 5.75 Å². The lowest BCUT2D eigenvalue weighted by atomic mass is 9.97. The molecular weight excluding hydrogens is 399 g/mol. The van der Waals surface area contributed by atoms with E-state index in [0.29, 0.717) is 11.3 Å². The Labute approximate surface area is 185 Å². The van der Waals surface area contributed by atoms with E-state index in [2.05, 4.69) is 41.4 Å². The number of rotatable bonds is 4. The predicted molar refractivity (Wildman–Crippen MR) is 125 cm³/mol. The number of pyridine rings is 2. The van der Waals surface area contributed by atoms with Crippen LogP contribution < -0.4 is 0 Å². The first-order valence-electron chi connectivity index (χ1n) is 10.2. The molecule has 0 fully saturated rings. The van der Waals surface area contributed by atoms with Gasteiger partial charge in [0.2, 0.25) is 0 Å². The number of aromatic hydroxyl groups is 1. The average Bonchev–Trinajstić information content (AvgIpc) is 2.86. The Bertz CT molecular complexity index is 1370. The third-order valence-corrected chi connectivity index (χ3v) is 5.36. The molecule has 0 saturated heterocycles. The lowest BCUT2D eigenvalue weighted by molar-refractivity contribution is 0.475. The Morgan fingerprint density at radius 2 is 1.19 bits per heavy atom. The number of halogens is 1. The molecule has 0 bridgehead atoms. The topological polar surface area (TPSA) is 46.0 Å². The standard InChI is InChI=1S/C28H19FN2O/c29-24-10-11-28(32)25(18-24)27-17-23(16-26(31-27)22-12-14-30-15-13-22)21-8-6-20(7-9-21)19-4-2-1-3-5-19/h1-18,32H. The lowest BCUT2D eigenvalue weighted by Gasteiger charge is -2.12. The van der Waals surface area contributed by atoms with Gasteiger partial charge in [0.05, 0.1) is 11.4 Å². The van der Waals surface area contributed by atoms with Crippen LogP contribution >= 0.6 is 0 Å². The summed E-state index contributed by atoms with van der Waals surface area (Å²) in [6, 6.07) is 30.0. The summed E-state index contributed by atoms with van der Waals surface area (Å²) in [5, 5.41) is 10.4. The highest BCUT2D eigenvalue weighted by Crippen LogP contribution is 2.34. The summed E-state index contributed by atoms with van der Waals surface area (Å²) in [5.41, 5.74) is 6.65. The van der Waals surface area contributed by atoms with Gasteiger partial charge >= 0.3 is 0 Å². The molecular formula is C28H19FN2O. The molecule has 32 heavy (non-hydrogen) atoms. The van der Waals surface area contributed by atoms with Crippen molar-refractivity contribution in [3.63, 3.8) is 0 Å². The number of phenols is 1. The second-order valence-electron chi connectivity index (χ2n) is 7.47. The lowest BCUT2D eigenvalue weighted by Crippen LogP contribution is -1.92. The minimum absolute atomic E-state index is 0.0175. The Morgan fingerprint density at radius 3 is 1.91 bits per heavy atom. The molecule has 0 radical (unpaired) electrons. The van der Waals surface area contributed by atoms with Crippen LogP contribution in [-0.2, 0) is 0 Å². The van der Waals surface area contributed by atoms with E-state index in [9.17, 15) is 9.50 Å². The van der Waals surface area contributed by atoms with Gasteiger partial charge in [-0.3, -0.25) is 4.98 Å². The van der Waals surface area contributed by atoms with Gasteiger partial charge in [0.15, 0.2) is 0 Å². The Kier molecular flexibility index (Phi) is 5.18. The summed E-state index contributed by atoms with van der Waals surface area (Å²) < 4.78 is 13.9. The number of hydrogen-bond acceptors (Lipinski definition) is 3. The highest BCUT2D eigenvalue weighted by Gasteiger charge is 2.13. The third kappa shape index (κ3) is 3.98. The maximum Gasteiger partial charge on any atom is 0.125 e. The maximum atomic E-state index is 13.9. The molecule has 3 nitrogen and oxygen atoms in total. The van der Waals surface area contributed by atoms with Gasteiger partial charge in [0, 0.05) is 23.5 Å². The zero-order chi connectivity index (χ0) is 21.9. The monoisotopic (exact) mass is 418 g/mol. The van der Waals surface area contributed by atoms with Gasteiger partial charge in [-0.2, -0.15) is 0 Å². The molecule has 1 N–H and O–H groups in total. The van der Waals surface area contributed by atoms with Crippen molar-refractivity contribution in [2.75, 3.05) is 0 Å². The quantitative estimate of drug-likeness (QED) is 0.342. The van der Waals surface area contributed by atoms with Crippen LogP contribution in [-0.4, -0.2) is 15.1 Å². The highest BCUT2D eigenvalue weighted by molar-refractivity contribution is 5.79. The molecule has 2 heterocycles. The molecule has 0 aliphatic rings. The number of hydrogen-bond donors (Lipinski definition) is 1. The summed E-state index contributed by atoms with van der Waals surface area (Å²) >= 11 is 0. The molecule has 0 aliphatic carbocycles. The van der Waals surface area contributed by atoms with Gasteiger partial charge in [-0.25, -0.2) is 9.37 Å². The van der Waals surface area contributed by atoms with Crippen molar-refractivity contribution in [1.82, 2.24) is 9.97 Å². The molecule has 154 valence electrons. The Morgan fingerprint density at radius 1 is 0.562 bits per heavy atom. The van der Waals surface area contributed by atoms with Crippen molar-refractivity contribution in [3.05, 3.63) is 115 Å². The van der Waals surface area contributed by atoms with Crippen LogP contribution in [0.2, 0.25) is 0 Å². The first-order chi connectivity index (χ1) is 15.7. The van der Waals surface area contributed by atoms with E-state index in [4.69, 9.17) is 4.98 Å². The third-order valence-electron chi connectivity index (χ3n) is 5.36. The van der Waals surface area contributed by atoms with Crippen molar-refractivity contribution < 1.29 is 9.50 Å². The molecule has 3 aromatic carbocycles. The zero-order valence-corrected chi connectivity index (χ0v) is 17.1. The second kappa shape index (κ2) is 8.44. The van der Waals surface area contributed by atoms with Crippen LogP contribution in [0.1, 0.15) is 0 Å². The Hall–Kier alpha value is -4.31. The van der Waals surface area contributed by atoms with Crippen LogP contribution in [0.25, 0.3) is 44.8 Å². The van der Waals surface area contributed by atoms with Gasteiger partial charge in [0.25, 0.3) is 0 Å². The van der Waals surface area contributed by atoms with Gasteiger partial charge in [-0.05, 0) is 64.7 Å². The van der Waals surface area contributed by atoms with Crippen molar-refractivity contribution in [3.8, 4) is 50.5 Å². The van der Waals surface area contributed by atoms with Crippen LogP contribution in [0.5, 0.6) is 5.75 Å². The van der Waals surface area contributed by atoms with Crippen molar-refractivity contribution in [2.24, 2.45) is 0 Å². The number of benzene rings is 3. The van der Waals surface area contributed by atoms with Crippen molar-refractivity contribution >= 4 is 0 Å². The molecule has 2 aromatic heterocycles. The smallest absolute Gasteiger partial charge is 0.125 e. The van der Waals surface area contributed by atoms with Crippen molar-refractivity contribution in [2.45, 2.75) is 0 Å². The van der Waals surface area contributed by atoms with Gasteiger partial charge in [-0.15, -0.1) is 0 Å². The van der Waals surface area contributed by atoms with E-state index in [1.165, 1.54) is 18.2 Å². The van der Waals surface area contributed by atoms with Gasteiger partial charge in [-0.1, -0.05) is 54.6 Å². The Balaban J connectivity index is 1.64. The van der Waals surface area contributed by atoms with Crippen LogP contribution in [0, 0.1) is 5.82 Å². The molecule has 0 amide bonds. The fraction of sp³-hybridized carbons (Fsp3) is 0.